The second-order valence-corrected chi connectivity index (χ2v) is 9.15. The minimum Gasteiger partial charge on any atom is -0.493 e. The Labute approximate surface area is 202 Å². The van der Waals surface area contributed by atoms with Gasteiger partial charge in [-0.3, -0.25) is 4.90 Å². The lowest BCUT2D eigenvalue weighted by molar-refractivity contribution is 0.250. The summed E-state index contributed by atoms with van der Waals surface area (Å²) in [5.41, 5.74) is 5.26. The molecule has 1 aliphatic heterocycles. The van der Waals surface area contributed by atoms with Crippen molar-refractivity contribution in [2.24, 2.45) is 0 Å². The first-order valence-corrected chi connectivity index (χ1v) is 11.9. The van der Waals surface area contributed by atoms with Crippen LogP contribution in [0.2, 0.25) is 0 Å². The number of benzene rings is 3. The van der Waals surface area contributed by atoms with Crippen molar-refractivity contribution >= 4 is 16.5 Å². The topological polar surface area (TPSA) is 29.9 Å². The van der Waals surface area contributed by atoms with Crippen LogP contribution in [-0.4, -0.2) is 49.9 Å². The van der Waals surface area contributed by atoms with Gasteiger partial charge in [-0.1, -0.05) is 48.0 Å². The average Bonchev–Trinajstić information content (AvgIpc) is 3.27. The van der Waals surface area contributed by atoms with E-state index in [1.54, 1.807) is 14.2 Å². The summed E-state index contributed by atoms with van der Waals surface area (Å²) in [5.74, 6) is 1.52. The van der Waals surface area contributed by atoms with Gasteiger partial charge in [0.15, 0.2) is 11.5 Å². The minimum atomic E-state index is 0.757. The molecule has 0 amide bonds. The third-order valence-electron chi connectivity index (χ3n) is 6.73. The summed E-state index contributed by atoms with van der Waals surface area (Å²) in [4.78, 5) is 5.10. The number of fused-ring (bicyclic) bond motifs is 1. The Morgan fingerprint density at radius 3 is 2.26 bits per heavy atom. The van der Waals surface area contributed by atoms with Crippen LogP contribution in [0.3, 0.4) is 0 Å². The van der Waals surface area contributed by atoms with Gasteiger partial charge in [-0.15, -0.1) is 0 Å². The van der Waals surface area contributed by atoms with Gasteiger partial charge in [0, 0.05) is 68.1 Å². The first-order chi connectivity index (χ1) is 16.6. The quantitative estimate of drug-likeness (QED) is 0.376. The van der Waals surface area contributed by atoms with Crippen LogP contribution >= 0.6 is 0 Å². The van der Waals surface area contributed by atoms with Gasteiger partial charge in [0.2, 0.25) is 0 Å². The lowest BCUT2D eigenvalue weighted by Crippen LogP contribution is -2.46. The van der Waals surface area contributed by atoms with Crippen molar-refractivity contribution < 1.29 is 9.47 Å². The van der Waals surface area contributed by atoms with Crippen molar-refractivity contribution in [1.29, 1.82) is 0 Å². The van der Waals surface area contributed by atoms with E-state index in [0.29, 0.717) is 0 Å². The standard InChI is InChI=1S/C29H33N3O2/c1-22-6-4-7-23(16-22)18-30-12-14-32(15-13-30)27-9-5-8-25-20-31(21-26(25)27)19-24-10-11-28(33-2)29(17-24)34-3/h4-11,16-17,20-21H,12-15,18-19H2,1-3H3. The van der Waals surface area contributed by atoms with Crippen LogP contribution in [-0.2, 0) is 13.1 Å². The van der Waals surface area contributed by atoms with Crippen LogP contribution in [0.1, 0.15) is 16.7 Å². The van der Waals surface area contributed by atoms with E-state index in [1.165, 1.54) is 33.2 Å². The van der Waals surface area contributed by atoms with E-state index < -0.39 is 0 Å². The van der Waals surface area contributed by atoms with Crippen molar-refractivity contribution in [3.05, 3.63) is 89.7 Å². The number of anilines is 1. The molecule has 0 aliphatic carbocycles. The highest BCUT2D eigenvalue weighted by molar-refractivity contribution is 5.94. The third-order valence-corrected chi connectivity index (χ3v) is 6.73. The Bertz CT molecular complexity index is 1270. The molecule has 1 saturated heterocycles. The maximum atomic E-state index is 5.48. The molecule has 2 heterocycles. The van der Waals surface area contributed by atoms with Crippen LogP contribution in [0.4, 0.5) is 5.69 Å². The van der Waals surface area contributed by atoms with E-state index >= 15 is 0 Å². The van der Waals surface area contributed by atoms with E-state index in [0.717, 1.165) is 50.8 Å². The van der Waals surface area contributed by atoms with Crippen molar-refractivity contribution in [1.82, 2.24) is 9.47 Å². The summed E-state index contributed by atoms with van der Waals surface area (Å²) in [5, 5.41) is 2.59. The van der Waals surface area contributed by atoms with Gasteiger partial charge in [-0.25, -0.2) is 0 Å². The fraction of sp³-hybridized carbons (Fsp3) is 0.310. The number of hydrogen-bond donors (Lipinski definition) is 0. The van der Waals surface area contributed by atoms with E-state index in [1.807, 2.05) is 6.07 Å². The molecular weight excluding hydrogens is 422 g/mol. The first-order valence-electron chi connectivity index (χ1n) is 11.9. The second-order valence-electron chi connectivity index (χ2n) is 9.15. The molecule has 0 spiro atoms. The smallest absolute Gasteiger partial charge is 0.161 e. The number of hydrogen-bond acceptors (Lipinski definition) is 4. The first kappa shape index (κ1) is 22.4. The highest BCUT2D eigenvalue weighted by atomic mass is 16.5. The number of ether oxygens (including phenoxy) is 2. The minimum absolute atomic E-state index is 0.757. The third kappa shape index (κ3) is 4.75. The summed E-state index contributed by atoms with van der Waals surface area (Å²) < 4.78 is 13.1. The molecule has 5 heteroatoms. The average molecular weight is 456 g/mol. The molecule has 1 aromatic heterocycles. The summed E-state index contributed by atoms with van der Waals surface area (Å²) in [6.07, 6.45) is 4.52. The predicted octanol–water partition coefficient (Wildman–Crippen LogP) is 5.34. The van der Waals surface area contributed by atoms with Gasteiger partial charge in [0.05, 0.1) is 14.2 Å². The van der Waals surface area contributed by atoms with E-state index in [-0.39, 0.29) is 0 Å². The Morgan fingerprint density at radius 2 is 1.50 bits per heavy atom. The van der Waals surface area contributed by atoms with Crippen LogP contribution in [0.15, 0.2) is 73.1 Å². The maximum absolute atomic E-state index is 5.48. The number of methoxy groups -OCH3 is 2. The molecule has 34 heavy (non-hydrogen) atoms. The monoisotopic (exact) mass is 455 g/mol. The highest BCUT2D eigenvalue weighted by Crippen LogP contribution is 2.31. The second kappa shape index (κ2) is 9.82. The lowest BCUT2D eigenvalue weighted by Gasteiger charge is -2.36. The van der Waals surface area contributed by atoms with Gasteiger partial charge < -0.3 is 18.9 Å². The molecule has 1 fully saturated rings. The van der Waals surface area contributed by atoms with E-state index in [9.17, 15) is 0 Å². The Balaban J connectivity index is 1.29. The number of aromatic nitrogens is 1. The number of piperazine rings is 1. The van der Waals surface area contributed by atoms with E-state index in [4.69, 9.17) is 9.47 Å². The summed E-state index contributed by atoms with van der Waals surface area (Å²) in [6, 6.07) is 21.6. The molecule has 0 saturated carbocycles. The molecule has 0 radical (unpaired) electrons. The molecule has 0 bridgehead atoms. The molecule has 0 unspecified atom stereocenters. The molecule has 5 nitrogen and oxygen atoms in total. The zero-order chi connectivity index (χ0) is 23.5. The molecule has 0 N–H and O–H groups in total. The fourth-order valence-electron chi connectivity index (χ4n) is 4.98. The predicted molar refractivity (Wildman–Crippen MR) is 139 cm³/mol. The van der Waals surface area contributed by atoms with Crippen molar-refractivity contribution in [2.45, 2.75) is 20.0 Å². The Kier molecular flexibility index (Phi) is 6.45. The summed E-state index contributed by atoms with van der Waals surface area (Å²) in [6.45, 7) is 8.24. The largest absolute Gasteiger partial charge is 0.493 e. The van der Waals surface area contributed by atoms with Crippen LogP contribution < -0.4 is 14.4 Å². The molecule has 0 atom stereocenters. The molecule has 4 aromatic rings. The highest BCUT2D eigenvalue weighted by Gasteiger charge is 2.19. The molecule has 3 aromatic carbocycles. The normalized spacial score (nSPS) is 14.5. The van der Waals surface area contributed by atoms with Gasteiger partial charge in [-0.05, 0) is 36.2 Å². The molecule has 176 valence electrons. The van der Waals surface area contributed by atoms with Crippen LogP contribution in [0.5, 0.6) is 11.5 Å². The SMILES string of the molecule is COc1ccc(Cn2cc3cccc(N4CCN(Cc5cccc(C)c5)CC4)c3c2)cc1OC. The lowest BCUT2D eigenvalue weighted by atomic mass is 10.1. The summed E-state index contributed by atoms with van der Waals surface area (Å²) >= 11 is 0. The van der Waals surface area contributed by atoms with Crippen LogP contribution in [0, 0.1) is 6.92 Å². The number of nitrogens with zero attached hydrogens (tertiary/aromatic N) is 3. The Morgan fingerprint density at radius 1 is 0.735 bits per heavy atom. The zero-order valence-electron chi connectivity index (χ0n) is 20.3. The Hall–Kier alpha value is -3.44. The van der Waals surface area contributed by atoms with Gasteiger partial charge in [0.25, 0.3) is 0 Å². The van der Waals surface area contributed by atoms with Crippen molar-refractivity contribution in [3.8, 4) is 11.5 Å². The van der Waals surface area contributed by atoms with Gasteiger partial charge in [-0.2, -0.15) is 0 Å². The molecule has 5 rings (SSSR count). The molecule has 1 aliphatic rings. The van der Waals surface area contributed by atoms with Crippen molar-refractivity contribution in [2.75, 3.05) is 45.3 Å². The van der Waals surface area contributed by atoms with Gasteiger partial charge in [0.1, 0.15) is 0 Å². The number of rotatable bonds is 7. The van der Waals surface area contributed by atoms with Gasteiger partial charge >= 0.3 is 0 Å². The van der Waals surface area contributed by atoms with Crippen molar-refractivity contribution in [3.63, 3.8) is 0 Å². The maximum Gasteiger partial charge on any atom is 0.161 e. The molecular formula is C29H33N3O2. The van der Waals surface area contributed by atoms with Crippen LogP contribution in [0.25, 0.3) is 10.8 Å². The zero-order valence-corrected chi connectivity index (χ0v) is 20.3. The summed E-state index contributed by atoms with van der Waals surface area (Å²) in [7, 11) is 3.35. The number of aryl methyl sites for hydroxylation is 1. The fourth-order valence-corrected chi connectivity index (χ4v) is 4.98. The van der Waals surface area contributed by atoms with E-state index in [2.05, 4.69) is 88.3 Å².